The third-order valence-corrected chi connectivity index (χ3v) is 0.668. The van der Waals surface area contributed by atoms with Gasteiger partial charge in [-0.05, 0) is 0 Å². The zero-order valence-electron chi connectivity index (χ0n) is 2.42. The van der Waals surface area contributed by atoms with E-state index in [1.807, 2.05) is 0 Å². The van der Waals surface area contributed by atoms with E-state index < -0.39 is 0 Å². The van der Waals surface area contributed by atoms with Crippen LogP contribution in [0.1, 0.15) is 0 Å². The molecule has 0 bridgehead atoms. The summed E-state index contributed by atoms with van der Waals surface area (Å²) in [5.41, 5.74) is 0. The lowest BCUT2D eigenvalue weighted by Gasteiger charge is -1.75. The third kappa shape index (κ3) is 0.560. The summed E-state index contributed by atoms with van der Waals surface area (Å²) in [7, 11) is 0. The molecule has 3 heteroatoms. The summed E-state index contributed by atoms with van der Waals surface area (Å²) >= 11 is 1.30. The molecule has 1 rings (SSSR count). The quantitative estimate of drug-likeness (QED) is 0.406. The lowest BCUT2D eigenvalue weighted by molar-refractivity contribution is 0.215. The largest absolute Gasteiger partial charge is 0.383 e. The van der Waals surface area contributed by atoms with Crippen LogP contribution in [0.15, 0.2) is 11.7 Å². The van der Waals surface area contributed by atoms with Gasteiger partial charge in [-0.3, -0.25) is 0 Å². The minimum Gasteiger partial charge on any atom is -0.383 e. The zero-order valence-corrected chi connectivity index (χ0v) is 3.23. The highest BCUT2D eigenvalue weighted by Crippen LogP contribution is 2.04. The first-order valence-corrected chi connectivity index (χ1v) is 2.01. The Labute approximate surface area is 34.3 Å². The van der Waals surface area contributed by atoms with Crippen molar-refractivity contribution >= 4 is 11.9 Å². The van der Waals surface area contributed by atoms with E-state index >= 15 is 0 Å². The summed E-state index contributed by atoms with van der Waals surface area (Å²) < 4.78 is 0. The Kier molecular flexibility index (Phi) is 0.813. The molecule has 1 aliphatic rings. The minimum atomic E-state index is 1.30. The molecule has 0 unspecified atom stereocenters. The van der Waals surface area contributed by atoms with Crippen molar-refractivity contribution in [3.63, 3.8) is 0 Å². The Morgan fingerprint density at radius 1 is 1.80 bits per heavy atom. The molecule has 1 radical (unpaired) electrons. The highest BCUT2D eigenvalue weighted by molar-refractivity contribution is 8.00. The fourth-order valence-corrected chi connectivity index (χ4v) is 0.373. The average molecular weight is 88.1 g/mol. The number of hydrogen-bond donors (Lipinski definition) is 0. The van der Waals surface area contributed by atoms with Crippen molar-refractivity contribution in [3.05, 3.63) is 11.7 Å². The lowest BCUT2D eigenvalue weighted by Crippen LogP contribution is -1.76. The Morgan fingerprint density at radius 3 is 3.00 bits per heavy atom. The van der Waals surface area contributed by atoms with Crippen molar-refractivity contribution < 1.29 is 4.84 Å². The molecule has 1 aliphatic heterocycles. The van der Waals surface area contributed by atoms with Crippen LogP contribution in [0.25, 0.3) is 0 Å². The number of rotatable bonds is 0. The lowest BCUT2D eigenvalue weighted by atomic mass is 11.2. The van der Waals surface area contributed by atoms with Crippen LogP contribution >= 0.6 is 11.9 Å². The maximum atomic E-state index is 4.35. The molecule has 2 nitrogen and oxygen atoms in total. The van der Waals surface area contributed by atoms with Crippen LogP contribution in [0.5, 0.6) is 0 Å². The zero-order chi connectivity index (χ0) is 3.54. The molecule has 0 aromatic carbocycles. The SMILES string of the molecule is C1=CS[N]O1. The molecule has 1 heterocycles. The van der Waals surface area contributed by atoms with Crippen LogP contribution < -0.4 is 4.89 Å². The number of hydrogen-bond acceptors (Lipinski definition) is 2. The molecule has 5 heavy (non-hydrogen) atoms. The Balaban J connectivity index is 2.32. The summed E-state index contributed by atoms with van der Waals surface area (Å²) in [6, 6.07) is 0. The molecule has 0 atom stereocenters. The second kappa shape index (κ2) is 1.33. The van der Waals surface area contributed by atoms with Crippen LogP contribution in [0, 0.1) is 0 Å². The van der Waals surface area contributed by atoms with Crippen LogP contribution in [0.3, 0.4) is 0 Å². The third-order valence-electron chi connectivity index (χ3n) is 0.263. The van der Waals surface area contributed by atoms with Crippen LogP contribution in [-0.2, 0) is 4.84 Å². The minimum absolute atomic E-state index is 1.30. The van der Waals surface area contributed by atoms with Gasteiger partial charge in [-0.15, -0.1) is 0 Å². The van der Waals surface area contributed by atoms with Crippen molar-refractivity contribution in [2.75, 3.05) is 0 Å². The highest BCUT2D eigenvalue weighted by atomic mass is 32.2. The van der Waals surface area contributed by atoms with Gasteiger partial charge in [-0.1, -0.05) is 0 Å². The van der Waals surface area contributed by atoms with Crippen molar-refractivity contribution in [3.8, 4) is 0 Å². The van der Waals surface area contributed by atoms with Gasteiger partial charge in [0.05, 0.1) is 0 Å². The fourth-order valence-electron chi connectivity index (χ4n) is 0.124. The summed E-state index contributed by atoms with van der Waals surface area (Å²) in [6.45, 7) is 0. The molecule has 0 aromatic rings. The van der Waals surface area contributed by atoms with E-state index in [9.17, 15) is 0 Å². The molecule has 0 aromatic heterocycles. The Bertz CT molecular complexity index is 47.6. The second-order valence-electron chi connectivity index (χ2n) is 0.558. The van der Waals surface area contributed by atoms with E-state index in [0.29, 0.717) is 0 Å². The van der Waals surface area contributed by atoms with E-state index in [1.165, 1.54) is 18.2 Å². The van der Waals surface area contributed by atoms with Gasteiger partial charge < -0.3 is 4.84 Å². The smallest absolute Gasteiger partial charge is 0.122 e. The van der Waals surface area contributed by atoms with Gasteiger partial charge in [0.1, 0.15) is 6.26 Å². The fraction of sp³-hybridized carbons (Fsp3) is 0. The van der Waals surface area contributed by atoms with Gasteiger partial charge >= 0.3 is 0 Å². The molecule has 0 aliphatic carbocycles. The molecule has 27 valence electrons. The molecule has 0 saturated carbocycles. The summed E-state index contributed by atoms with van der Waals surface area (Å²) in [5.74, 6) is 0. The van der Waals surface area contributed by atoms with Crippen molar-refractivity contribution in [2.45, 2.75) is 0 Å². The molecule has 0 N–H and O–H groups in total. The van der Waals surface area contributed by atoms with Crippen LogP contribution in [-0.4, -0.2) is 0 Å². The van der Waals surface area contributed by atoms with Crippen LogP contribution in [0.4, 0.5) is 0 Å². The Hall–Kier alpha value is -0.150. The number of nitrogens with zero attached hydrogens (tertiary/aromatic N) is 1. The first-order chi connectivity index (χ1) is 2.50. The maximum absolute atomic E-state index is 4.35. The first kappa shape index (κ1) is 3.06. The monoisotopic (exact) mass is 88.0 g/mol. The normalized spacial score (nSPS) is 19.2. The van der Waals surface area contributed by atoms with Crippen molar-refractivity contribution in [1.82, 2.24) is 4.89 Å². The molecular weight excluding hydrogens is 86.1 g/mol. The van der Waals surface area contributed by atoms with E-state index in [-0.39, 0.29) is 0 Å². The second-order valence-corrected chi connectivity index (χ2v) is 1.19. The standard InChI is InChI=1S/C2H2NOS/c1-2-5-3-4-1/h1-2H. The molecule has 0 fully saturated rings. The van der Waals surface area contributed by atoms with Gasteiger partial charge in [0.25, 0.3) is 0 Å². The molecule has 0 saturated heterocycles. The van der Waals surface area contributed by atoms with E-state index in [1.54, 1.807) is 5.41 Å². The van der Waals surface area contributed by atoms with E-state index in [4.69, 9.17) is 0 Å². The van der Waals surface area contributed by atoms with Gasteiger partial charge in [0.15, 0.2) is 0 Å². The summed E-state index contributed by atoms with van der Waals surface area (Å²) in [6.07, 6.45) is 1.53. The van der Waals surface area contributed by atoms with E-state index in [2.05, 4.69) is 9.72 Å². The summed E-state index contributed by atoms with van der Waals surface area (Å²) in [5, 5.41) is 1.76. The maximum Gasteiger partial charge on any atom is 0.122 e. The van der Waals surface area contributed by atoms with Gasteiger partial charge in [0.2, 0.25) is 0 Å². The van der Waals surface area contributed by atoms with Crippen molar-refractivity contribution in [1.29, 1.82) is 0 Å². The molecule has 0 amide bonds. The van der Waals surface area contributed by atoms with Gasteiger partial charge in [0, 0.05) is 22.2 Å². The van der Waals surface area contributed by atoms with Gasteiger partial charge in [-0.25, -0.2) is 0 Å². The van der Waals surface area contributed by atoms with E-state index in [0.717, 1.165) is 0 Å². The average Bonchev–Trinajstić information content (AvgIpc) is 1.76. The summed E-state index contributed by atoms with van der Waals surface area (Å²) in [4.78, 5) is 7.74. The first-order valence-electron chi connectivity index (χ1n) is 1.17. The highest BCUT2D eigenvalue weighted by Gasteiger charge is 1.86. The topological polar surface area (TPSA) is 23.3 Å². The van der Waals surface area contributed by atoms with Crippen molar-refractivity contribution in [2.24, 2.45) is 0 Å². The Morgan fingerprint density at radius 2 is 2.80 bits per heavy atom. The molecular formula is C2H2NOS. The predicted octanol–water partition coefficient (Wildman–Crippen LogP) is 0.655. The molecule has 0 spiro atoms. The predicted molar refractivity (Wildman–Crippen MR) is 19.9 cm³/mol. The van der Waals surface area contributed by atoms with Crippen LogP contribution in [0.2, 0.25) is 0 Å². The van der Waals surface area contributed by atoms with Gasteiger partial charge in [-0.2, -0.15) is 0 Å².